The highest BCUT2D eigenvalue weighted by molar-refractivity contribution is 5.98. The molecule has 0 unspecified atom stereocenters. The molecule has 1 fully saturated rings. The zero-order valence-electron chi connectivity index (χ0n) is 19.2. The smallest absolute Gasteiger partial charge is 0.410 e. The van der Waals surface area contributed by atoms with Crippen LogP contribution in [0.1, 0.15) is 32.4 Å². The van der Waals surface area contributed by atoms with Crippen molar-refractivity contribution in [3.63, 3.8) is 0 Å². The van der Waals surface area contributed by atoms with E-state index in [1.165, 1.54) is 6.34 Å². The molecule has 1 aromatic rings. The van der Waals surface area contributed by atoms with Gasteiger partial charge in [-0.25, -0.2) is 9.79 Å². The topological polar surface area (TPSA) is 79.6 Å². The van der Waals surface area contributed by atoms with Crippen molar-refractivity contribution in [3.05, 3.63) is 48.6 Å². The van der Waals surface area contributed by atoms with E-state index in [9.17, 15) is 4.79 Å². The first-order valence-electron chi connectivity index (χ1n) is 10.5. The second-order valence-electron chi connectivity index (χ2n) is 7.14. The predicted octanol–water partition coefficient (Wildman–Crippen LogP) is 3.80. The second-order valence-corrected chi connectivity index (χ2v) is 7.14. The van der Waals surface area contributed by atoms with Crippen LogP contribution in [0.25, 0.3) is 0 Å². The number of ether oxygens (including phenoxy) is 2. The molecule has 32 heavy (non-hydrogen) atoms. The zero-order valence-corrected chi connectivity index (χ0v) is 19.2. The van der Waals surface area contributed by atoms with Crippen molar-refractivity contribution in [1.29, 1.82) is 0 Å². The highest BCUT2D eigenvalue weighted by Crippen LogP contribution is 2.20. The highest BCUT2D eigenvalue weighted by atomic mass is 16.6. The Morgan fingerprint density at radius 2 is 2.19 bits per heavy atom. The van der Waals surface area contributed by atoms with E-state index in [4.69, 9.17) is 9.47 Å². The lowest BCUT2D eigenvalue weighted by Gasteiger charge is -2.36. The van der Waals surface area contributed by atoms with Crippen LogP contribution >= 0.6 is 0 Å². The van der Waals surface area contributed by atoms with E-state index in [2.05, 4.69) is 33.4 Å². The summed E-state index contributed by atoms with van der Waals surface area (Å²) in [5.74, 6) is 6.51. The molecule has 0 radical (unpaired) electrons. The maximum absolute atomic E-state index is 12.1. The van der Waals surface area contributed by atoms with Crippen LogP contribution in [-0.4, -0.2) is 65.9 Å². The third kappa shape index (κ3) is 7.27. The maximum Gasteiger partial charge on any atom is 0.410 e. The summed E-state index contributed by atoms with van der Waals surface area (Å²) >= 11 is 0. The normalized spacial score (nSPS) is 15.2. The van der Waals surface area contributed by atoms with Gasteiger partial charge in [0.2, 0.25) is 5.90 Å². The first-order valence-corrected chi connectivity index (χ1v) is 10.5. The number of likely N-dealkylation sites (tertiary alicyclic amines) is 1. The van der Waals surface area contributed by atoms with Crippen molar-refractivity contribution >= 4 is 18.3 Å². The molecule has 0 aromatic carbocycles. The molecule has 1 aliphatic rings. The van der Waals surface area contributed by atoms with Gasteiger partial charge in [-0.2, -0.15) is 0 Å². The van der Waals surface area contributed by atoms with Crippen LogP contribution < -0.4 is 4.74 Å². The molecule has 0 bridgehead atoms. The van der Waals surface area contributed by atoms with Crippen molar-refractivity contribution in [2.24, 2.45) is 9.98 Å². The molecule has 2 rings (SSSR count). The van der Waals surface area contributed by atoms with Gasteiger partial charge in [0.15, 0.2) is 12.4 Å². The summed E-state index contributed by atoms with van der Waals surface area (Å²) in [5, 5.41) is 0. The lowest BCUT2D eigenvalue weighted by atomic mass is 10.0. The quantitative estimate of drug-likeness (QED) is 0.368. The summed E-state index contributed by atoms with van der Waals surface area (Å²) < 4.78 is 11.2. The Morgan fingerprint density at radius 3 is 2.81 bits per heavy atom. The van der Waals surface area contributed by atoms with Crippen molar-refractivity contribution in [2.45, 2.75) is 39.7 Å². The Balaban J connectivity index is 2.08. The summed E-state index contributed by atoms with van der Waals surface area (Å²) in [6, 6.07) is 3.86. The number of pyridine rings is 1. The van der Waals surface area contributed by atoms with E-state index < -0.39 is 0 Å². The average molecular weight is 438 g/mol. The Bertz CT molecular complexity index is 934. The van der Waals surface area contributed by atoms with Crippen LogP contribution in [0.15, 0.2) is 52.9 Å². The maximum atomic E-state index is 12.1. The van der Waals surface area contributed by atoms with E-state index in [1.54, 1.807) is 31.3 Å². The molecule has 2 heterocycles. The Morgan fingerprint density at radius 1 is 1.44 bits per heavy atom. The number of aryl methyl sites for hydroxylation is 1. The number of aromatic nitrogens is 1. The largest absolute Gasteiger partial charge is 0.437 e. The van der Waals surface area contributed by atoms with E-state index in [-0.39, 0.29) is 18.7 Å². The highest BCUT2D eigenvalue weighted by Gasteiger charge is 2.26. The minimum absolute atomic E-state index is 0.121. The van der Waals surface area contributed by atoms with Crippen LogP contribution in [0, 0.1) is 18.8 Å². The molecule has 0 spiro atoms. The molecule has 1 saturated heterocycles. The molecule has 8 nitrogen and oxygen atoms in total. The van der Waals surface area contributed by atoms with Gasteiger partial charge in [0.25, 0.3) is 0 Å². The standard InChI is InChI=1S/C24H31N5O3/c1-6-8-16-31-24(30)29-14-11-21(12-15-29)28(7-2)17-19(3)23(27-18-25-5)32-22-10-9-13-26-20(22)4/h7,9-10,13,17-18,21H,2,11-12,14-16H2,1,3-5H3/b19-17+,25-18?,27-23?. The van der Waals surface area contributed by atoms with E-state index in [0.717, 1.165) is 24.1 Å². The van der Waals surface area contributed by atoms with Crippen LogP contribution in [0.5, 0.6) is 5.75 Å². The summed E-state index contributed by atoms with van der Waals surface area (Å²) in [6.07, 6.45) is 8.15. The third-order valence-corrected chi connectivity index (χ3v) is 4.94. The van der Waals surface area contributed by atoms with E-state index in [0.29, 0.717) is 24.7 Å². The molecule has 1 aromatic heterocycles. The number of amides is 1. The summed E-state index contributed by atoms with van der Waals surface area (Å²) in [7, 11) is 1.65. The van der Waals surface area contributed by atoms with Crippen molar-refractivity contribution < 1.29 is 14.3 Å². The third-order valence-electron chi connectivity index (χ3n) is 4.94. The number of carbonyl (C=O) groups excluding carboxylic acids is 1. The van der Waals surface area contributed by atoms with Gasteiger partial charge >= 0.3 is 6.09 Å². The van der Waals surface area contributed by atoms with Crippen LogP contribution in [0.4, 0.5) is 4.79 Å². The first-order chi connectivity index (χ1) is 15.5. The number of carbonyl (C=O) groups is 1. The van der Waals surface area contributed by atoms with Gasteiger partial charge in [0.1, 0.15) is 6.34 Å². The molecule has 1 aliphatic heterocycles. The van der Waals surface area contributed by atoms with E-state index >= 15 is 0 Å². The van der Waals surface area contributed by atoms with Crippen LogP contribution in [-0.2, 0) is 4.74 Å². The lowest BCUT2D eigenvalue weighted by Crippen LogP contribution is -2.44. The fourth-order valence-corrected chi connectivity index (χ4v) is 3.19. The number of nitrogens with zero attached hydrogens (tertiary/aromatic N) is 5. The number of rotatable bonds is 7. The fourth-order valence-electron chi connectivity index (χ4n) is 3.19. The van der Waals surface area contributed by atoms with Crippen molar-refractivity contribution in [3.8, 4) is 17.6 Å². The minimum atomic E-state index is -0.323. The van der Waals surface area contributed by atoms with Gasteiger partial charge in [0, 0.05) is 44.1 Å². The molecule has 0 saturated carbocycles. The van der Waals surface area contributed by atoms with Gasteiger partial charge in [-0.3, -0.25) is 9.98 Å². The molecule has 170 valence electrons. The molecule has 0 N–H and O–H groups in total. The molecular formula is C24H31N5O3. The number of aliphatic imine (C=N–C) groups is 2. The monoisotopic (exact) mass is 437 g/mol. The van der Waals surface area contributed by atoms with Crippen LogP contribution in [0.2, 0.25) is 0 Å². The summed E-state index contributed by atoms with van der Waals surface area (Å²) in [6.45, 7) is 10.8. The average Bonchev–Trinajstić information content (AvgIpc) is 2.81. The number of hydrogen-bond acceptors (Lipinski definition) is 6. The Labute approximate surface area is 190 Å². The second kappa shape index (κ2) is 13.0. The first kappa shape index (κ1) is 24.7. The summed E-state index contributed by atoms with van der Waals surface area (Å²) in [5.41, 5.74) is 1.58. The van der Waals surface area contributed by atoms with Gasteiger partial charge in [0.05, 0.1) is 5.69 Å². The molecular weight excluding hydrogens is 406 g/mol. The molecule has 8 heteroatoms. The zero-order chi connectivity index (χ0) is 23.3. The SMILES string of the molecule is C=CN(/C=C(\C)C(=NC=NC)Oc1cccnc1C)C1CCN(C(=O)OCC#CC)CC1. The van der Waals surface area contributed by atoms with Crippen molar-refractivity contribution in [1.82, 2.24) is 14.8 Å². The van der Waals surface area contributed by atoms with Crippen LogP contribution in [0.3, 0.4) is 0 Å². The van der Waals surface area contributed by atoms with E-state index in [1.807, 2.05) is 37.1 Å². The van der Waals surface area contributed by atoms with Crippen molar-refractivity contribution in [2.75, 3.05) is 26.7 Å². The molecule has 1 amide bonds. The Kier molecular flexibility index (Phi) is 9.98. The lowest BCUT2D eigenvalue weighted by molar-refractivity contribution is 0.0946. The molecule has 0 atom stereocenters. The van der Waals surface area contributed by atoms with Gasteiger partial charge in [-0.1, -0.05) is 12.5 Å². The van der Waals surface area contributed by atoms with Gasteiger partial charge < -0.3 is 19.3 Å². The minimum Gasteiger partial charge on any atom is -0.437 e. The van der Waals surface area contributed by atoms with Gasteiger partial charge in [-0.15, -0.1) is 5.92 Å². The predicted molar refractivity (Wildman–Crippen MR) is 127 cm³/mol. The van der Waals surface area contributed by atoms with Gasteiger partial charge in [-0.05, 0) is 51.9 Å². The Hall–Kier alpha value is -3.60. The number of hydrogen-bond donors (Lipinski definition) is 0. The summed E-state index contributed by atoms with van der Waals surface area (Å²) in [4.78, 5) is 28.4. The fraction of sp³-hybridized carbons (Fsp3) is 0.417. The number of piperidine rings is 1. The molecule has 0 aliphatic carbocycles.